The van der Waals surface area contributed by atoms with Gasteiger partial charge in [-0.25, -0.2) is 4.39 Å². The number of nitrogens with two attached hydrogens (primary N) is 1. The fraction of sp³-hybridized carbons (Fsp3) is 0.222. The predicted molar refractivity (Wildman–Crippen MR) is 55.1 cm³/mol. The molecule has 4 heteroatoms. The van der Waals surface area contributed by atoms with Crippen molar-refractivity contribution in [3.63, 3.8) is 0 Å². The monoisotopic (exact) mass is 244 g/mol. The van der Waals surface area contributed by atoms with Gasteiger partial charge in [0, 0.05) is 10.7 Å². The Morgan fingerprint density at radius 1 is 1.54 bits per heavy atom. The van der Waals surface area contributed by atoms with Crippen molar-refractivity contribution in [2.45, 2.75) is 12.8 Å². The molecule has 0 amide bonds. The number of benzene rings is 1. The Bertz CT molecular complexity index is 312. The Hall–Kier alpha value is -0.900. The lowest BCUT2D eigenvalue weighted by atomic mass is 10.1. The quantitative estimate of drug-likeness (QED) is 0.495. The van der Waals surface area contributed by atoms with Crippen LogP contribution in [-0.4, -0.2) is 6.21 Å². The van der Waals surface area contributed by atoms with Gasteiger partial charge in [-0.05, 0) is 30.5 Å². The fourth-order valence-corrected chi connectivity index (χ4v) is 1.35. The van der Waals surface area contributed by atoms with Crippen LogP contribution in [0.1, 0.15) is 12.0 Å². The SMILES string of the molecule is NN=CCCc1ccc(Br)cc1F. The molecule has 0 saturated carbocycles. The smallest absolute Gasteiger partial charge is 0.127 e. The molecule has 2 N–H and O–H groups in total. The second-order valence-corrected chi connectivity index (χ2v) is 3.52. The molecule has 0 aliphatic heterocycles. The van der Waals surface area contributed by atoms with E-state index in [9.17, 15) is 4.39 Å². The minimum atomic E-state index is -0.195. The Morgan fingerprint density at radius 3 is 2.92 bits per heavy atom. The molecule has 0 spiro atoms. The average molecular weight is 245 g/mol. The molecule has 0 saturated heterocycles. The highest BCUT2D eigenvalue weighted by molar-refractivity contribution is 9.10. The molecule has 0 unspecified atom stereocenters. The van der Waals surface area contributed by atoms with Crippen LogP contribution in [0.4, 0.5) is 4.39 Å². The maximum Gasteiger partial charge on any atom is 0.127 e. The third kappa shape index (κ3) is 3.14. The summed E-state index contributed by atoms with van der Waals surface area (Å²) < 4.78 is 13.9. The van der Waals surface area contributed by atoms with Gasteiger partial charge in [0.25, 0.3) is 0 Å². The molecule has 1 aromatic rings. The van der Waals surface area contributed by atoms with Crippen LogP contribution in [0.25, 0.3) is 0 Å². The number of hydrogen-bond donors (Lipinski definition) is 1. The summed E-state index contributed by atoms with van der Waals surface area (Å²) in [4.78, 5) is 0. The second-order valence-electron chi connectivity index (χ2n) is 2.61. The number of aryl methyl sites for hydroxylation is 1. The second kappa shape index (κ2) is 4.97. The lowest BCUT2D eigenvalue weighted by Gasteiger charge is -2.00. The number of hydrazone groups is 1. The van der Waals surface area contributed by atoms with Crippen molar-refractivity contribution in [1.82, 2.24) is 0 Å². The molecule has 1 rings (SSSR count). The summed E-state index contributed by atoms with van der Waals surface area (Å²) in [5.74, 6) is 4.73. The van der Waals surface area contributed by atoms with Crippen LogP contribution in [0, 0.1) is 5.82 Å². The van der Waals surface area contributed by atoms with Crippen LogP contribution >= 0.6 is 15.9 Å². The van der Waals surface area contributed by atoms with Gasteiger partial charge in [0.1, 0.15) is 5.82 Å². The van der Waals surface area contributed by atoms with E-state index in [2.05, 4.69) is 21.0 Å². The Kier molecular flexibility index (Phi) is 3.89. The fourth-order valence-electron chi connectivity index (χ4n) is 1.02. The first-order chi connectivity index (χ1) is 6.24. The molecule has 13 heavy (non-hydrogen) atoms. The average Bonchev–Trinajstić information content (AvgIpc) is 2.09. The maximum absolute atomic E-state index is 13.2. The summed E-state index contributed by atoms with van der Waals surface area (Å²) in [6.07, 6.45) is 2.86. The standard InChI is InChI=1S/C9H10BrFN2/c10-8-4-3-7(9(11)6-8)2-1-5-13-12/h3-6H,1-2,12H2. The number of rotatable bonds is 3. The Morgan fingerprint density at radius 2 is 2.31 bits per heavy atom. The molecule has 70 valence electrons. The summed E-state index contributed by atoms with van der Waals surface area (Å²) in [6, 6.07) is 5.02. The zero-order valence-electron chi connectivity index (χ0n) is 7.00. The van der Waals surface area contributed by atoms with Gasteiger partial charge in [-0.2, -0.15) is 5.10 Å². The third-order valence-electron chi connectivity index (χ3n) is 1.66. The Labute approximate surface area is 84.8 Å². The van der Waals surface area contributed by atoms with E-state index in [4.69, 9.17) is 5.84 Å². The van der Waals surface area contributed by atoms with Gasteiger partial charge in [0.2, 0.25) is 0 Å². The van der Waals surface area contributed by atoms with E-state index in [1.54, 1.807) is 12.3 Å². The Balaban J connectivity index is 2.66. The largest absolute Gasteiger partial charge is 0.324 e. The molecule has 0 atom stereocenters. The van der Waals surface area contributed by atoms with Crippen LogP contribution in [-0.2, 0) is 6.42 Å². The van der Waals surface area contributed by atoms with Crippen molar-refractivity contribution >= 4 is 22.1 Å². The molecule has 0 bridgehead atoms. The molecule has 1 aromatic carbocycles. The number of hydrogen-bond acceptors (Lipinski definition) is 2. The van der Waals surface area contributed by atoms with Crippen LogP contribution in [0.3, 0.4) is 0 Å². The van der Waals surface area contributed by atoms with Crippen molar-refractivity contribution < 1.29 is 4.39 Å². The summed E-state index contributed by atoms with van der Waals surface area (Å²) in [5, 5.41) is 3.34. The van der Waals surface area contributed by atoms with E-state index in [1.807, 2.05) is 6.07 Å². The van der Waals surface area contributed by atoms with E-state index in [-0.39, 0.29) is 5.82 Å². The first kappa shape index (κ1) is 10.2. The predicted octanol–water partition coefficient (Wildman–Crippen LogP) is 2.47. The first-order valence-electron chi connectivity index (χ1n) is 3.89. The summed E-state index contributed by atoms with van der Waals surface area (Å²) in [6.45, 7) is 0. The molecular formula is C9H10BrFN2. The molecule has 0 radical (unpaired) electrons. The normalized spacial score (nSPS) is 10.9. The van der Waals surface area contributed by atoms with E-state index in [0.717, 1.165) is 4.47 Å². The lowest BCUT2D eigenvalue weighted by molar-refractivity contribution is 0.609. The van der Waals surface area contributed by atoms with Gasteiger partial charge < -0.3 is 5.84 Å². The maximum atomic E-state index is 13.2. The summed E-state index contributed by atoms with van der Waals surface area (Å²) in [5.41, 5.74) is 0.683. The van der Waals surface area contributed by atoms with E-state index in [1.165, 1.54) is 6.07 Å². The van der Waals surface area contributed by atoms with Crippen molar-refractivity contribution in [2.24, 2.45) is 10.9 Å². The topological polar surface area (TPSA) is 38.4 Å². The van der Waals surface area contributed by atoms with Crippen molar-refractivity contribution in [2.75, 3.05) is 0 Å². The minimum Gasteiger partial charge on any atom is -0.324 e. The van der Waals surface area contributed by atoms with E-state index >= 15 is 0 Å². The molecule has 0 fully saturated rings. The zero-order valence-corrected chi connectivity index (χ0v) is 8.59. The first-order valence-corrected chi connectivity index (χ1v) is 4.69. The van der Waals surface area contributed by atoms with Crippen LogP contribution in [0.15, 0.2) is 27.8 Å². The van der Waals surface area contributed by atoms with Gasteiger partial charge in [-0.15, -0.1) is 0 Å². The highest BCUT2D eigenvalue weighted by atomic mass is 79.9. The number of nitrogens with zero attached hydrogens (tertiary/aromatic N) is 1. The van der Waals surface area contributed by atoms with Crippen LogP contribution < -0.4 is 5.84 Å². The molecular weight excluding hydrogens is 235 g/mol. The molecule has 2 nitrogen and oxygen atoms in total. The highest BCUT2D eigenvalue weighted by Gasteiger charge is 2.00. The lowest BCUT2D eigenvalue weighted by Crippen LogP contribution is -1.92. The molecule has 0 aliphatic carbocycles. The van der Waals surface area contributed by atoms with Crippen LogP contribution in [0.2, 0.25) is 0 Å². The summed E-state index contributed by atoms with van der Waals surface area (Å²) >= 11 is 3.19. The van der Waals surface area contributed by atoms with E-state index in [0.29, 0.717) is 18.4 Å². The highest BCUT2D eigenvalue weighted by Crippen LogP contribution is 2.16. The summed E-state index contributed by atoms with van der Waals surface area (Å²) in [7, 11) is 0. The van der Waals surface area contributed by atoms with Gasteiger partial charge in [0.15, 0.2) is 0 Å². The number of halogens is 2. The zero-order chi connectivity index (χ0) is 9.68. The van der Waals surface area contributed by atoms with Gasteiger partial charge in [-0.3, -0.25) is 0 Å². The molecule has 0 aromatic heterocycles. The minimum absolute atomic E-state index is 0.195. The third-order valence-corrected chi connectivity index (χ3v) is 2.16. The van der Waals surface area contributed by atoms with Gasteiger partial charge in [-0.1, -0.05) is 22.0 Å². The van der Waals surface area contributed by atoms with Crippen molar-refractivity contribution in [3.8, 4) is 0 Å². The molecule has 0 heterocycles. The van der Waals surface area contributed by atoms with Gasteiger partial charge >= 0.3 is 0 Å². The van der Waals surface area contributed by atoms with Crippen molar-refractivity contribution in [1.29, 1.82) is 0 Å². The molecule has 0 aliphatic rings. The van der Waals surface area contributed by atoms with Gasteiger partial charge in [0.05, 0.1) is 0 Å². The van der Waals surface area contributed by atoms with E-state index < -0.39 is 0 Å². The van der Waals surface area contributed by atoms with Crippen molar-refractivity contribution in [3.05, 3.63) is 34.1 Å². The van der Waals surface area contributed by atoms with Crippen LogP contribution in [0.5, 0.6) is 0 Å².